The number of rotatable bonds is 8. The fourth-order valence-electron chi connectivity index (χ4n) is 1.59. The molecule has 0 N–H and O–H groups in total. The fourth-order valence-corrected chi connectivity index (χ4v) is 3.35. The second-order valence-electron chi connectivity index (χ2n) is 5.13. The Balaban J connectivity index is 4.99. The average molecular weight is 275 g/mol. The Morgan fingerprint density at radius 2 is 1.78 bits per heavy atom. The van der Waals surface area contributed by atoms with Crippen LogP contribution in [0.25, 0.3) is 0 Å². The van der Waals surface area contributed by atoms with Gasteiger partial charge in [-0.05, 0) is 26.4 Å². The van der Waals surface area contributed by atoms with Crippen molar-refractivity contribution in [3.8, 4) is 6.07 Å². The molecule has 0 aliphatic heterocycles. The Labute approximate surface area is 111 Å². The van der Waals surface area contributed by atoms with E-state index >= 15 is 0 Å². The molecule has 18 heavy (non-hydrogen) atoms. The lowest BCUT2D eigenvalue weighted by molar-refractivity contribution is 0.311. The van der Waals surface area contributed by atoms with E-state index in [4.69, 9.17) is 5.26 Å². The van der Waals surface area contributed by atoms with Gasteiger partial charge in [0, 0.05) is 19.6 Å². The minimum Gasteiger partial charge on any atom is -0.308 e. The number of hydrogen-bond donors (Lipinski definition) is 0. The van der Waals surface area contributed by atoms with Gasteiger partial charge >= 0.3 is 0 Å². The predicted molar refractivity (Wildman–Crippen MR) is 73.6 cm³/mol. The molecule has 0 radical (unpaired) electrons. The molecule has 0 amide bonds. The van der Waals surface area contributed by atoms with Gasteiger partial charge < -0.3 is 4.90 Å². The lowest BCUT2D eigenvalue weighted by Gasteiger charge is -2.27. The summed E-state index contributed by atoms with van der Waals surface area (Å²) in [7, 11) is 0.301. The summed E-state index contributed by atoms with van der Waals surface area (Å²) in [4.78, 5) is 1.94. The van der Waals surface area contributed by atoms with Crippen molar-refractivity contribution in [3.63, 3.8) is 0 Å². The normalized spacial score (nSPS) is 14.2. The molecule has 0 heterocycles. The quantitative estimate of drug-likeness (QED) is 0.666. The van der Waals surface area contributed by atoms with Gasteiger partial charge in [0.15, 0.2) is 5.25 Å². The maximum Gasteiger partial charge on any atom is 0.230 e. The molecule has 0 fully saturated rings. The van der Waals surface area contributed by atoms with E-state index in [1.54, 1.807) is 6.92 Å². The van der Waals surface area contributed by atoms with Crippen molar-refractivity contribution in [1.29, 1.82) is 5.26 Å². The smallest absolute Gasteiger partial charge is 0.230 e. The minimum atomic E-state index is -3.51. The van der Waals surface area contributed by atoms with Crippen LogP contribution in [0.3, 0.4) is 0 Å². The minimum absolute atomic E-state index is 0.248. The third-order valence-electron chi connectivity index (χ3n) is 2.60. The standard InChI is InChI=1S/C12H25N3O2S/c1-6-12(9-13)18(16,17)15(10-11(2)3)8-7-14(4)5/h11-12H,6-8,10H2,1-5H3. The third kappa shape index (κ3) is 5.34. The van der Waals surface area contributed by atoms with Crippen molar-refractivity contribution in [3.05, 3.63) is 0 Å². The summed E-state index contributed by atoms with van der Waals surface area (Å²) in [5, 5.41) is 8.02. The number of sulfonamides is 1. The van der Waals surface area contributed by atoms with E-state index in [1.807, 2.05) is 38.9 Å². The van der Waals surface area contributed by atoms with Crippen LogP contribution in [0.2, 0.25) is 0 Å². The van der Waals surface area contributed by atoms with Gasteiger partial charge in [0.25, 0.3) is 0 Å². The molecule has 106 valence electrons. The van der Waals surface area contributed by atoms with Crippen LogP contribution in [0.4, 0.5) is 0 Å². The first-order valence-corrected chi connectivity index (χ1v) is 7.79. The Morgan fingerprint density at radius 1 is 1.22 bits per heavy atom. The Morgan fingerprint density at radius 3 is 2.11 bits per heavy atom. The number of hydrogen-bond acceptors (Lipinski definition) is 4. The van der Waals surface area contributed by atoms with E-state index in [-0.39, 0.29) is 5.92 Å². The van der Waals surface area contributed by atoms with Crippen LogP contribution < -0.4 is 0 Å². The highest BCUT2D eigenvalue weighted by Crippen LogP contribution is 2.14. The van der Waals surface area contributed by atoms with Gasteiger partial charge in [-0.15, -0.1) is 0 Å². The van der Waals surface area contributed by atoms with Crippen LogP contribution in [0.5, 0.6) is 0 Å². The van der Waals surface area contributed by atoms with E-state index in [1.165, 1.54) is 4.31 Å². The molecule has 1 unspecified atom stereocenters. The van der Waals surface area contributed by atoms with Crippen molar-refractivity contribution in [1.82, 2.24) is 9.21 Å². The van der Waals surface area contributed by atoms with E-state index < -0.39 is 15.3 Å². The van der Waals surface area contributed by atoms with Crippen LogP contribution in [0, 0.1) is 17.2 Å². The summed E-state index contributed by atoms with van der Waals surface area (Å²) in [6.07, 6.45) is 0.329. The SMILES string of the molecule is CCC(C#N)S(=O)(=O)N(CCN(C)C)CC(C)C. The number of nitrogens with zero attached hydrogens (tertiary/aromatic N) is 3. The molecule has 0 saturated heterocycles. The van der Waals surface area contributed by atoms with Crippen molar-refractivity contribution in [2.75, 3.05) is 33.7 Å². The van der Waals surface area contributed by atoms with Gasteiger partial charge in [0.2, 0.25) is 10.0 Å². The summed E-state index contributed by atoms with van der Waals surface area (Å²) in [6.45, 7) is 7.25. The molecule has 0 aromatic heterocycles. The molecule has 0 aliphatic rings. The molecule has 0 aromatic rings. The van der Waals surface area contributed by atoms with E-state index in [0.29, 0.717) is 26.1 Å². The molecule has 1 atom stereocenters. The highest BCUT2D eigenvalue weighted by molar-refractivity contribution is 7.90. The van der Waals surface area contributed by atoms with Crippen molar-refractivity contribution < 1.29 is 8.42 Å². The van der Waals surface area contributed by atoms with E-state index in [2.05, 4.69) is 0 Å². The second-order valence-corrected chi connectivity index (χ2v) is 7.24. The molecule has 0 rings (SSSR count). The zero-order valence-electron chi connectivity index (χ0n) is 12.0. The fraction of sp³-hybridized carbons (Fsp3) is 0.917. The van der Waals surface area contributed by atoms with Crippen LogP contribution >= 0.6 is 0 Å². The van der Waals surface area contributed by atoms with Crippen molar-refractivity contribution >= 4 is 10.0 Å². The zero-order chi connectivity index (χ0) is 14.3. The molecule has 0 aromatic carbocycles. The van der Waals surface area contributed by atoms with Gasteiger partial charge in [0.1, 0.15) is 0 Å². The van der Waals surface area contributed by atoms with Crippen LogP contribution in [-0.4, -0.2) is 56.6 Å². The van der Waals surface area contributed by atoms with Gasteiger partial charge in [-0.1, -0.05) is 20.8 Å². The third-order valence-corrected chi connectivity index (χ3v) is 4.81. The Hall–Kier alpha value is -0.640. The van der Waals surface area contributed by atoms with E-state index in [9.17, 15) is 8.42 Å². The van der Waals surface area contributed by atoms with Crippen LogP contribution in [0.15, 0.2) is 0 Å². The van der Waals surface area contributed by atoms with Gasteiger partial charge in [-0.2, -0.15) is 9.57 Å². The van der Waals surface area contributed by atoms with E-state index in [0.717, 1.165) is 0 Å². The molecule has 0 aliphatic carbocycles. The largest absolute Gasteiger partial charge is 0.308 e. The Bertz CT molecular complexity index is 371. The van der Waals surface area contributed by atoms with Crippen LogP contribution in [0.1, 0.15) is 27.2 Å². The summed E-state index contributed by atoms with van der Waals surface area (Å²) >= 11 is 0. The molecule has 0 saturated carbocycles. The summed E-state index contributed by atoms with van der Waals surface area (Å²) < 4.78 is 26.1. The van der Waals surface area contributed by atoms with Gasteiger partial charge in [0.05, 0.1) is 6.07 Å². The molecule has 5 nitrogen and oxygen atoms in total. The second kappa shape index (κ2) is 7.72. The lowest BCUT2D eigenvalue weighted by atomic mass is 10.2. The molecular weight excluding hydrogens is 250 g/mol. The molecular formula is C12H25N3O2S. The van der Waals surface area contributed by atoms with Gasteiger partial charge in [-0.3, -0.25) is 0 Å². The van der Waals surface area contributed by atoms with Crippen LogP contribution in [-0.2, 0) is 10.0 Å². The highest BCUT2D eigenvalue weighted by atomic mass is 32.2. The van der Waals surface area contributed by atoms with Gasteiger partial charge in [-0.25, -0.2) is 8.42 Å². The number of nitriles is 1. The first kappa shape index (κ1) is 17.4. The van der Waals surface area contributed by atoms with Crippen molar-refractivity contribution in [2.24, 2.45) is 5.92 Å². The summed E-state index contributed by atoms with van der Waals surface area (Å²) in [5.74, 6) is 0.248. The monoisotopic (exact) mass is 275 g/mol. The topological polar surface area (TPSA) is 64.4 Å². The Kier molecular flexibility index (Phi) is 7.45. The molecule has 0 spiro atoms. The first-order chi connectivity index (χ1) is 8.25. The summed E-state index contributed by atoms with van der Waals surface area (Å²) in [5.41, 5.74) is 0. The predicted octanol–water partition coefficient (Wildman–Crippen LogP) is 1.14. The maximum atomic E-state index is 12.3. The maximum absolute atomic E-state index is 12.3. The molecule has 0 bridgehead atoms. The number of likely N-dealkylation sites (N-methyl/N-ethyl adjacent to an activating group) is 1. The van der Waals surface area contributed by atoms with Crippen molar-refractivity contribution in [2.45, 2.75) is 32.4 Å². The zero-order valence-corrected chi connectivity index (χ0v) is 12.9. The average Bonchev–Trinajstić information content (AvgIpc) is 2.24. The lowest BCUT2D eigenvalue weighted by Crippen LogP contribution is -2.43. The summed E-state index contributed by atoms with van der Waals surface area (Å²) in [6, 6.07) is 1.89. The molecule has 6 heteroatoms. The first-order valence-electron chi connectivity index (χ1n) is 6.29. The highest BCUT2D eigenvalue weighted by Gasteiger charge is 2.31.